The second kappa shape index (κ2) is 5.67. The zero-order valence-electron chi connectivity index (χ0n) is 7.85. The minimum Gasteiger partial charge on any atom is -0.493 e. The van der Waals surface area contributed by atoms with Crippen LogP contribution in [-0.4, -0.2) is 23.2 Å². The molecule has 5 nitrogen and oxygen atoms in total. The number of hydrogen-bond donors (Lipinski definition) is 1. The predicted molar refractivity (Wildman–Crippen MR) is 58.0 cm³/mol. The molecule has 6 heteroatoms. The molecule has 15 heavy (non-hydrogen) atoms. The number of hydrogen-bond acceptors (Lipinski definition) is 4. The first-order valence-corrected chi connectivity index (χ1v) is 5.11. The van der Waals surface area contributed by atoms with Crippen molar-refractivity contribution in [3.05, 3.63) is 32.8 Å². The maximum absolute atomic E-state index is 10.5. The Balaban J connectivity index is 2.75. The zero-order valence-corrected chi connectivity index (χ0v) is 9.44. The quantitative estimate of drug-likeness (QED) is 0.508. The van der Waals surface area contributed by atoms with Crippen LogP contribution in [-0.2, 0) is 0 Å². The fraction of sp³-hybridized carbons (Fsp3) is 0.333. The molecule has 0 saturated carbocycles. The van der Waals surface area contributed by atoms with Gasteiger partial charge < -0.3 is 9.84 Å². The molecule has 1 rings (SSSR count). The molecule has 0 aliphatic rings. The Bertz CT molecular complexity index is 356. The summed E-state index contributed by atoms with van der Waals surface area (Å²) in [6, 6.07) is 4.39. The minimum atomic E-state index is -0.482. The molecule has 0 saturated heterocycles. The number of aliphatic hydroxyl groups is 1. The third kappa shape index (κ3) is 3.85. The summed E-state index contributed by atoms with van der Waals surface area (Å²) in [5, 5.41) is 19.1. The van der Waals surface area contributed by atoms with Gasteiger partial charge in [-0.15, -0.1) is 0 Å². The Morgan fingerprint density at radius 1 is 1.47 bits per heavy atom. The van der Waals surface area contributed by atoms with E-state index in [4.69, 9.17) is 9.84 Å². The van der Waals surface area contributed by atoms with Crippen LogP contribution in [0.15, 0.2) is 22.7 Å². The van der Waals surface area contributed by atoms with Gasteiger partial charge in [-0.25, -0.2) is 0 Å². The van der Waals surface area contributed by atoms with E-state index in [0.29, 0.717) is 23.2 Å². The third-order valence-corrected chi connectivity index (χ3v) is 2.10. The molecule has 0 spiro atoms. The van der Waals surface area contributed by atoms with Crippen LogP contribution in [0, 0.1) is 10.1 Å². The van der Waals surface area contributed by atoms with E-state index in [9.17, 15) is 10.1 Å². The van der Waals surface area contributed by atoms with E-state index in [1.54, 1.807) is 6.07 Å². The average Bonchev–Trinajstić information content (AvgIpc) is 2.17. The van der Waals surface area contributed by atoms with Gasteiger partial charge in [0.05, 0.1) is 17.6 Å². The Morgan fingerprint density at radius 3 is 2.80 bits per heavy atom. The van der Waals surface area contributed by atoms with Gasteiger partial charge in [0.15, 0.2) is 0 Å². The maximum Gasteiger partial charge on any atom is 0.274 e. The van der Waals surface area contributed by atoms with E-state index in [-0.39, 0.29) is 12.3 Å². The van der Waals surface area contributed by atoms with Gasteiger partial charge >= 0.3 is 0 Å². The first-order chi connectivity index (χ1) is 7.13. The molecule has 0 radical (unpaired) electrons. The van der Waals surface area contributed by atoms with Gasteiger partial charge in [-0.05, 0) is 6.07 Å². The molecule has 0 unspecified atom stereocenters. The SMILES string of the molecule is O=[N+]([O-])c1cc(Br)cc(OCCCO)c1. The first-order valence-electron chi connectivity index (χ1n) is 4.32. The lowest BCUT2D eigenvalue weighted by atomic mass is 10.3. The summed E-state index contributed by atoms with van der Waals surface area (Å²) in [7, 11) is 0. The van der Waals surface area contributed by atoms with Crippen LogP contribution >= 0.6 is 15.9 Å². The molecule has 1 aromatic carbocycles. The lowest BCUT2D eigenvalue weighted by Gasteiger charge is -2.05. The summed E-state index contributed by atoms with van der Waals surface area (Å²) in [5.74, 6) is 0.421. The zero-order chi connectivity index (χ0) is 11.3. The van der Waals surface area contributed by atoms with Gasteiger partial charge in [0.2, 0.25) is 0 Å². The molecule has 0 fully saturated rings. The maximum atomic E-state index is 10.5. The second-order valence-electron chi connectivity index (χ2n) is 2.83. The first kappa shape index (κ1) is 11.9. The number of ether oxygens (including phenoxy) is 1. The lowest BCUT2D eigenvalue weighted by molar-refractivity contribution is -0.385. The van der Waals surface area contributed by atoms with Crippen molar-refractivity contribution in [3.8, 4) is 5.75 Å². The summed E-state index contributed by atoms with van der Waals surface area (Å²) in [6.45, 7) is 0.375. The highest BCUT2D eigenvalue weighted by Gasteiger charge is 2.09. The predicted octanol–water partition coefficient (Wildman–Crippen LogP) is 2.12. The number of benzene rings is 1. The van der Waals surface area contributed by atoms with E-state index in [0.717, 1.165) is 0 Å². The Morgan fingerprint density at radius 2 is 2.20 bits per heavy atom. The fourth-order valence-electron chi connectivity index (χ4n) is 0.991. The average molecular weight is 276 g/mol. The highest BCUT2D eigenvalue weighted by molar-refractivity contribution is 9.10. The molecule has 1 aromatic rings. The van der Waals surface area contributed by atoms with E-state index < -0.39 is 4.92 Å². The number of aliphatic hydroxyl groups excluding tert-OH is 1. The van der Waals surface area contributed by atoms with E-state index in [1.807, 2.05) is 0 Å². The van der Waals surface area contributed by atoms with Gasteiger partial charge in [-0.2, -0.15) is 0 Å². The summed E-state index contributed by atoms with van der Waals surface area (Å²) in [5.41, 5.74) is -0.0247. The van der Waals surface area contributed by atoms with Crippen LogP contribution in [0.3, 0.4) is 0 Å². The van der Waals surface area contributed by atoms with Crippen molar-refractivity contribution >= 4 is 21.6 Å². The van der Waals surface area contributed by atoms with Crippen molar-refractivity contribution in [1.29, 1.82) is 0 Å². The summed E-state index contributed by atoms with van der Waals surface area (Å²) in [6.07, 6.45) is 0.500. The Hall–Kier alpha value is -1.14. The van der Waals surface area contributed by atoms with Gasteiger partial charge in [0, 0.05) is 23.6 Å². The van der Waals surface area contributed by atoms with Crippen molar-refractivity contribution in [2.45, 2.75) is 6.42 Å². The van der Waals surface area contributed by atoms with E-state index >= 15 is 0 Å². The van der Waals surface area contributed by atoms with Crippen molar-refractivity contribution < 1.29 is 14.8 Å². The van der Waals surface area contributed by atoms with Crippen LogP contribution in [0.2, 0.25) is 0 Å². The van der Waals surface area contributed by atoms with Crippen LogP contribution < -0.4 is 4.74 Å². The molecule has 0 aromatic heterocycles. The molecule has 0 amide bonds. The van der Waals surface area contributed by atoms with Gasteiger partial charge in [0.25, 0.3) is 5.69 Å². The largest absolute Gasteiger partial charge is 0.493 e. The van der Waals surface area contributed by atoms with E-state index in [1.165, 1.54) is 12.1 Å². The topological polar surface area (TPSA) is 72.6 Å². The number of halogens is 1. The molecular weight excluding hydrogens is 266 g/mol. The molecule has 82 valence electrons. The van der Waals surface area contributed by atoms with Crippen molar-refractivity contribution in [3.63, 3.8) is 0 Å². The van der Waals surface area contributed by atoms with Crippen molar-refractivity contribution in [1.82, 2.24) is 0 Å². The third-order valence-electron chi connectivity index (χ3n) is 1.64. The van der Waals surface area contributed by atoms with Gasteiger partial charge in [0.1, 0.15) is 5.75 Å². The highest BCUT2D eigenvalue weighted by atomic mass is 79.9. The molecule has 1 N–H and O–H groups in total. The second-order valence-corrected chi connectivity index (χ2v) is 3.74. The van der Waals surface area contributed by atoms with Crippen molar-refractivity contribution in [2.75, 3.05) is 13.2 Å². The molecule has 0 bridgehead atoms. The number of non-ortho nitro benzene ring substituents is 1. The van der Waals surface area contributed by atoms with Crippen molar-refractivity contribution in [2.24, 2.45) is 0 Å². The molecular formula is C9H10BrNO4. The number of rotatable bonds is 5. The fourth-order valence-corrected chi connectivity index (χ4v) is 1.45. The van der Waals surface area contributed by atoms with Crippen LogP contribution in [0.25, 0.3) is 0 Å². The summed E-state index contributed by atoms with van der Waals surface area (Å²) in [4.78, 5) is 10.0. The standard InChI is InChI=1S/C9H10BrNO4/c10-7-4-8(11(13)14)6-9(5-7)15-3-1-2-12/h4-6,12H,1-3H2. The number of nitro benzene ring substituents is 1. The van der Waals surface area contributed by atoms with Crippen LogP contribution in [0.5, 0.6) is 5.75 Å². The molecule has 0 heterocycles. The monoisotopic (exact) mass is 275 g/mol. The summed E-state index contributed by atoms with van der Waals surface area (Å²) < 4.78 is 5.82. The normalized spacial score (nSPS) is 10.0. The van der Waals surface area contributed by atoms with Gasteiger partial charge in [-0.1, -0.05) is 15.9 Å². The van der Waals surface area contributed by atoms with Crippen LogP contribution in [0.4, 0.5) is 5.69 Å². The van der Waals surface area contributed by atoms with E-state index in [2.05, 4.69) is 15.9 Å². The Kier molecular flexibility index (Phi) is 4.51. The molecule has 0 aliphatic carbocycles. The number of nitrogens with zero attached hydrogens (tertiary/aromatic N) is 1. The van der Waals surface area contributed by atoms with Gasteiger partial charge in [-0.3, -0.25) is 10.1 Å². The summed E-state index contributed by atoms with van der Waals surface area (Å²) >= 11 is 3.16. The minimum absolute atomic E-state index is 0.0247. The lowest BCUT2D eigenvalue weighted by Crippen LogP contribution is -2.00. The molecule has 0 aliphatic heterocycles. The highest BCUT2D eigenvalue weighted by Crippen LogP contribution is 2.26. The number of nitro groups is 1. The smallest absolute Gasteiger partial charge is 0.274 e. The Labute approximate surface area is 95.0 Å². The van der Waals surface area contributed by atoms with Crippen LogP contribution in [0.1, 0.15) is 6.42 Å². The molecule has 0 atom stereocenters.